The largest absolute Gasteiger partial charge is 0.497 e. The fraction of sp³-hybridized carbons (Fsp3) is 0.538. The summed E-state index contributed by atoms with van der Waals surface area (Å²) in [5, 5.41) is 0. The molecule has 1 heterocycles. The monoisotopic (exact) mass is 237 g/mol. The molecule has 17 heavy (non-hydrogen) atoms. The van der Waals surface area contributed by atoms with Crippen molar-refractivity contribution < 1.29 is 14.2 Å². The van der Waals surface area contributed by atoms with Crippen molar-refractivity contribution >= 4 is 0 Å². The summed E-state index contributed by atoms with van der Waals surface area (Å²) < 4.78 is 16.5. The minimum Gasteiger partial charge on any atom is -0.497 e. The second-order valence-electron chi connectivity index (χ2n) is 4.15. The van der Waals surface area contributed by atoms with E-state index >= 15 is 0 Å². The molecule has 4 nitrogen and oxygen atoms in total. The number of hydrogen-bond donors (Lipinski definition) is 1. The molecule has 1 aromatic carbocycles. The summed E-state index contributed by atoms with van der Waals surface area (Å²) in [7, 11) is 1.65. The molecule has 0 saturated carbocycles. The van der Waals surface area contributed by atoms with Crippen LogP contribution < -0.4 is 15.2 Å². The summed E-state index contributed by atoms with van der Waals surface area (Å²) in [6, 6.07) is 5.80. The Hall–Kier alpha value is -1.26. The number of hydrogen-bond acceptors (Lipinski definition) is 4. The van der Waals surface area contributed by atoms with Crippen molar-refractivity contribution in [1.29, 1.82) is 0 Å². The SMILES string of the molecule is COc1cc(CN)cc(OC2CCOCC2)c1. The van der Waals surface area contributed by atoms with E-state index in [4.69, 9.17) is 19.9 Å². The molecule has 1 saturated heterocycles. The molecule has 0 amide bonds. The van der Waals surface area contributed by atoms with Gasteiger partial charge in [-0.3, -0.25) is 0 Å². The lowest BCUT2D eigenvalue weighted by atomic mass is 10.1. The van der Waals surface area contributed by atoms with Gasteiger partial charge in [-0.05, 0) is 17.7 Å². The lowest BCUT2D eigenvalue weighted by Gasteiger charge is -2.23. The summed E-state index contributed by atoms with van der Waals surface area (Å²) >= 11 is 0. The predicted octanol–water partition coefficient (Wildman–Crippen LogP) is 1.71. The first kappa shape index (κ1) is 12.2. The van der Waals surface area contributed by atoms with Crippen molar-refractivity contribution in [2.24, 2.45) is 5.73 Å². The third-order valence-corrected chi connectivity index (χ3v) is 2.88. The highest BCUT2D eigenvalue weighted by Crippen LogP contribution is 2.25. The number of ether oxygens (including phenoxy) is 3. The minimum atomic E-state index is 0.237. The maximum Gasteiger partial charge on any atom is 0.123 e. The Kier molecular flexibility index (Phi) is 4.23. The summed E-state index contributed by atoms with van der Waals surface area (Å²) in [6.07, 6.45) is 2.12. The first-order valence-corrected chi connectivity index (χ1v) is 5.94. The van der Waals surface area contributed by atoms with Crippen LogP contribution in [0.1, 0.15) is 18.4 Å². The highest BCUT2D eigenvalue weighted by Gasteiger charge is 2.15. The van der Waals surface area contributed by atoms with E-state index in [1.54, 1.807) is 7.11 Å². The molecule has 4 heteroatoms. The van der Waals surface area contributed by atoms with Crippen LogP contribution in [0.4, 0.5) is 0 Å². The van der Waals surface area contributed by atoms with Gasteiger partial charge in [-0.25, -0.2) is 0 Å². The Balaban J connectivity index is 2.07. The van der Waals surface area contributed by atoms with Crippen molar-refractivity contribution in [3.05, 3.63) is 23.8 Å². The minimum absolute atomic E-state index is 0.237. The average molecular weight is 237 g/mol. The molecule has 0 atom stereocenters. The van der Waals surface area contributed by atoms with Gasteiger partial charge < -0.3 is 19.9 Å². The van der Waals surface area contributed by atoms with E-state index in [-0.39, 0.29) is 6.10 Å². The first-order valence-electron chi connectivity index (χ1n) is 5.94. The molecule has 0 unspecified atom stereocenters. The van der Waals surface area contributed by atoms with Crippen molar-refractivity contribution in [1.82, 2.24) is 0 Å². The summed E-state index contributed by atoms with van der Waals surface area (Å²) in [4.78, 5) is 0. The molecule has 1 fully saturated rings. The Labute approximate surface area is 102 Å². The lowest BCUT2D eigenvalue weighted by Crippen LogP contribution is -2.25. The van der Waals surface area contributed by atoms with Crippen molar-refractivity contribution in [2.45, 2.75) is 25.5 Å². The third kappa shape index (κ3) is 3.35. The topological polar surface area (TPSA) is 53.7 Å². The zero-order valence-electron chi connectivity index (χ0n) is 10.1. The van der Waals surface area contributed by atoms with Crippen molar-refractivity contribution in [3.63, 3.8) is 0 Å². The van der Waals surface area contributed by atoms with E-state index in [0.29, 0.717) is 6.54 Å². The molecule has 0 aliphatic carbocycles. The smallest absolute Gasteiger partial charge is 0.123 e. The summed E-state index contributed by atoms with van der Waals surface area (Å²) in [6.45, 7) is 2.04. The van der Waals surface area contributed by atoms with E-state index < -0.39 is 0 Å². The van der Waals surface area contributed by atoms with Crippen LogP contribution in [-0.2, 0) is 11.3 Å². The Morgan fingerprint density at radius 1 is 1.24 bits per heavy atom. The van der Waals surface area contributed by atoms with Gasteiger partial charge in [0, 0.05) is 25.5 Å². The first-order chi connectivity index (χ1) is 8.31. The zero-order valence-corrected chi connectivity index (χ0v) is 10.1. The predicted molar refractivity (Wildman–Crippen MR) is 65.4 cm³/mol. The molecule has 1 aromatic rings. The van der Waals surface area contributed by atoms with Gasteiger partial charge in [0.25, 0.3) is 0 Å². The van der Waals surface area contributed by atoms with Gasteiger partial charge >= 0.3 is 0 Å². The molecular formula is C13H19NO3. The number of nitrogens with two attached hydrogens (primary N) is 1. The van der Waals surface area contributed by atoms with Gasteiger partial charge in [0.2, 0.25) is 0 Å². The van der Waals surface area contributed by atoms with Crippen LogP contribution in [0.2, 0.25) is 0 Å². The van der Waals surface area contributed by atoms with Crippen molar-refractivity contribution in [3.8, 4) is 11.5 Å². The van der Waals surface area contributed by atoms with Gasteiger partial charge in [0.1, 0.15) is 17.6 Å². The fourth-order valence-electron chi connectivity index (χ4n) is 1.92. The van der Waals surface area contributed by atoms with Crippen molar-refractivity contribution in [2.75, 3.05) is 20.3 Å². The molecular weight excluding hydrogens is 218 g/mol. The highest BCUT2D eigenvalue weighted by atomic mass is 16.5. The van der Waals surface area contributed by atoms with E-state index in [9.17, 15) is 0 Å². The summed E-state index contributed by atoms with van der Waals surface area (Å²) in [5.74, 6) is 1.62. The molecule has 2 rings (SSSR count). The highest BCUT2D eigenvalue weighted by molar-refractivity contribution is 5.38. The molecule has 0 radical (unpaired) electrons. The standard InChI is InChI=1S/C13H19NO3/c1-15-12-6-10(9-14)7-13(8-12)17-11-2-4-16-5-3-11/h6-8,11H,2-5,9,14H2,1H3. The van der Waals surface area contributed by atoms with E-state index in [2.05, 4.69) is 0 Å². The number of rotatable bonds is 4. The molecule has 1 aliphatic rings. The van der Waals surface area contributed by atoms with Crippen LogP contribution in [0.5, 0.6) is 11.5 Å². The van der Waals surface area contributed by atoms with Crippen LogP contribution in [0.3, 0.4) is 0 Å². The summed E-state index contributed by atoms with van der Waals surface area (Å²) in [5.41, 5.74) is 6.66. The quantitative estimate of drug-likeness (QED) is 0.866. The van der Waals surface area contributed by atoms with Crippen LogP contribution in [-0.4, -0.2) is 26.4 Å². The molecule has 0 aromatic heterocycles. The van der Waals surface area contributed by atoms with E-state index in [0.717, 1.165) is 43.1 Å². The molecule has 2 N–H and O–H groups in total. The normalized spacial score (nSPS) is 16.8. The average Bonchev–Trinajstić information content (AvgIpc) is 2.39. The van der Waals surface area contributed by atoms with E-state index in [1.165, 1.54) is 0 Å². The van der Waals surface area contributed by atoms with Gasteiger partial charge in [-0.15, -0.1) is 0 Å². The van der Waals surface area contributed by atoms with Gasteiger partial charge in [-0.1, -0.05) is 0 Å². The zero-order chi connectivity index (χ0) is 12.1. The van der Waals surface area contributed by atoms with Gasteiger partial charge in [0.05, 0.1) is 20.3 Å². The maximum atomic E-state index is 5.92. The number of benzene rings is 1. The molecule has 0 spiro atoms. The maximum absolute atomic E-state index is 5.92. The number of methoxy groups -OCH3 is 1. The molecule has 94 valence electrons. The van der Waals surface area contributed by atoms with Crippen LogP contribution in [0, 0.1) is 0 Å². The second-order valence-corrected chi connectivity index (χ2v) is 4.15. The second kappa shape index (κ2) is 5.89. The van der Waals surface area contributed by atoms with Crippen LogP contribution in [0.25, 0.3) is 0 Å². The fourth-order valence-corrected chi connectivity index (χ4v) is 1.92. The Bertz CT molecular complexity index is 339. The Morgan fingerprint density at radius 2 is 1.94 bits per heavy atom. The van der Waals surface area contributed by atoms with E-state index in [1.807, 2.05) is 18.2 Å². The molecule has 0 bridgehead atoms. The van der Waals surface area contributed by atoms with Crippen LogP contribution >= 0.6 is 0 Å². The lowest BCUT2D eigenvalue weighted by molar-refractivity contribution is 0.0255. The van der Waals surface area contributed by atoms with Gasteiger partial charge in [-0.2, -0.15) is 0 Å². The Morgan fingerprint density at radius 3 is 2.59 bits per heavy atom. The van der Waals surface area contributed by atoms with Crippen LogP contribution in [0.15, 0.2) is 18.2 Å². The van der Waals surface area contributed by atoms with Gasteiger partial charge in [0.15, 0.2) is 0 Å². The third-order valence-electron chi connectivity index (χ3n) is 2.88. The molecule has 1 aliphatic heterocycles.